The van der Waals surface area contributed by atoms with Crippen molar-refractivity contribution in [2.75, 3.05) is 24.2 Å². The van der Waals surface area contributed by atoms with E-state index in [9.17, 15) is 14.7 Å². The third-order valence-electron chi connectivity index (χ3n) is 3.19. The number of unbranched alkanes of at least 4 members (excludes halogenated alkanes) is 2. The first kappa shape index (κ1) is 16.8. The standard InChI is InChI=1S/C14H19N3O3S2/c1-2-3-6-9-21-12-10(13(18)19)11(22-16-12)15-14(20)17-7-4-5-8-17/h4-5H,2-3,6-9H2,1H3,(H,15,20)(H,18,19). The maximum atomic E-state index is 12.1. The van der Waals surface area contributed by atoms with E-state index in [0.717, 1.165) is 36.5 Å². The second-order valence-electron chi connectivity index (χ2n) is 4.86. The number of hydrogen-bond donors (Lipinski definition) is 2. The fraction of sp³-hybridized carbons (Fsp3) is 0.500. The van der Waals surface area contributed by atoms with Crippen molar-refractivity contribution in [1.82, 2.24) is 9.27 Å². The Kier molecular flexibility index (Phi) is 6.26. The Hall–Kier alpha value is -1.54. The molecule has 120 valence electrons. The molecule has 0 fully saturated rings. The van der Waals surface area contributed by atoms with Gasteiger partial charge in [-0.1, -0.05) is 31.9 Å². The maximum Gasteiger partial charge on any atom is 0.341 e. The number of carbonyl (C=O) groups excluding carboxylic acids is 1. The van der Waals surface area contributed by atoms with E-state index in [1.54, 1.807) is 4.90 Å². The minimum Gasteiger partial charge on any atom is -0.477 e. The minimum atomic E-state index is -1.05. The number of hydrogen-bond acceptors (Lipinski definition) is 5. The van der Waals surface area contributed by atoms with Crippen LogP contribution >= 0.6 is 23.3 Å². The molecular weight excluding hydrogens is 322 g/mol. The molecular formula is C14H19N3O3S2. The van der Waals surface area contributed by atoms with Gasteiger partial charge in [0.25, 0.3) is 0 Å². The number of carboxylic acids is 1. The Morgan fingerprint density at radius 1 is 1.41 bits per heavy atom. The van der Waals surface area contributed by atoms with Crippen molar-refractivity contribution in [1.29, 1.82) is 0 Å². The highest BCUT2D eigenvalue weighted by Crippen LogP contribution is 2.32. The van der Waals surface area contributed by atoms with Gasteiger partial charge in [0.05, 0.1) is 0 Å². The minimum absolute atomic E-state index is 0.104. The SMILES string of the molecule is CCCCCSc1nsc(NC(=O)N2CC=CC2)c1C(=O)O. The average Bonchev–Trinajstić information content (AvgIpc) is 3.13. The van der Waals surface area contributed by atoms with Crippen LogP contribution in [-0.2, 0) is 0 Å². The lowest BCUT2D eigenvalue weighted by Gasteiger charge is -2.15. The summed E-state index contributed by atoms with van der Waals surface area (Å²) in [7, 11) is 0. The van der Waals surface area contributed by atoms with E-state index in [4.69, 9.17) is 0 Å². The number of amides is 2. The van der Waals surface area contributed by atoms with Crippen molar-refractivity contribution in [3.63, 3.8) is 0 Å². The predicted octanol–water partition coefficient (Wildman–Crippen LogP) is 3.53. The lowest BCUT2D eigenvalue weighted by Crippen LogP contribution is -2.32. The zero-order valence-corrected chi connectivity index (χ0v) is 14.0. The molecule has 1 aromatic heterocycles. The van der Waals surface area contributed by atoms with Crippen molar-refractivity contribution in [3.8, 4) is 0 Å². The molecule has 1 aliphatic rings. The molecule has 0 aliphatic carbocycles. The molecule has 2 amide bonds. The first-order valence-corrected chi connectivity index (χ1v) is 8.96. The van der Waals surface area contributed by atoms with Gasteiger partial charge in [-0.15, -0.1) is 11.8 Å². The molecule has 0 atom stereocenters. The summed E-state index contributed by atoms with van der Waals surface area (Å²) >= 11 is 2.46. The van der Waals surface area contributed by atoms with E-state index in [2.05, 4.69) is 16.6 Å². The van der Waals surface area contributed by atoms with Gasteiger partial charge in [-0.3, -0.25) is 5.32 Å². The lowest BCUT2D eigenvalue weighted by atomic mass is 10.3. The number of nitrogens with zero attached hydrogens (tertiary/aromatic N) is 2. The molecule has 1 aromatic rings. The summed E-state index contributed by atoms with van der Waals surface area (Å²) in [6.07, 6.45) is 7.07. The van der Waals surface area contributed by atoms with Crippen LogP contribution in [0.5, 0.6) is 0 Å². The predicted molar refractivity (Wildman–Crippen MR) is 89.1 cm³/mol. The van der Waals surface area contributed by atoms with E-state index in [1.165, 1.54) is 11.8 Å². The Bertz CT molecular complexity index is 564. The summed E-state index contributed by atoms with van der Waals surface area (Å²) in [6, 6.07) is -0.293. The molecule has 1 aliphatic heterocycles. The van der Waals surface area contributed by atoms with Crippen LogP contribution in [0.25, 0.3) is 0 Å². The van der Waals surface area contributed by atoms with Crippen LogP contribution in [0.2, 0.25) is 0 Å². The molecule has 6 nitrogen and oxygen atoms in total. The van der Waals surface area contributed by atoms with Crippen LogP contribution in [0.4, 0.5) is 9.80 Å². The monoisotopic (exact) mass is 341 g/mol. The molecule has 0 aromatic carbocycles. The van der Waals surface area contributed by atoms with Crippen molar-refractivity contribution in [2.24, 2.45) is 0 Å². The van der Waals surface area contributed by atoms with E-state index in [1.807, 2.05) is 12.2 Å². The zero-order valence-electron chi connectivity index (χ0n) is 12.4. The fourth-order valence-corrected chi connectivity index (χ4v) is 3.93. The third-order valence-corrected chi connectivity index (χ3v) is 5.13. The summed E-state index contributed by atoms with van der Waals surface area (Å²) in [6.45, 7) is 3.22. The molecule has 8 heteroatoms. The maximum absolute atomic E-state index is 12.1. The summed E-state index contributed by atoms with van der Waals surface area (Å²) in [5.41, 5.74) is 0.104. The number of carbonyl (C=O) groups is 2. The molecule has 0 bridgehead atoms. The van der Waals surface area contributed by atoms with Gasteiger partial charge in [-0.05, 0) is 23.7 Å². The largest absolute Gasteiger partial charge is 0.477 e. The number of aromatic carboxylic acids is 1. The number of carboxylic acid groups (broad SMARTS) is 1. The summed E-state index contributed by atoms with van der Waals surface area (Å²) in [5.74, 6) is -0.219. The van der Waals surface area contributed by atoms with E-state index in [0.29, 0.717) is 23.1 Å². The topological polar surface area (TPSA) is 82.5 Å². The highest BCUT2D eigenvalue weighted by atomic mass is 32.2. The second-order valence-corrected chi connectivity index (χ2v) is 6.72. The highest BCUT2D eigenvalue weighted by Gasteiger charge is 2.24. The van der Waals surface area contributed by atoms with Crippen LogP contribution in [-0.4, -0.2) is 45.2 Å². The summed E-state index contributed by atoms with van der Waals surface area (Å²) < 4.78 is 4.19. The normalized spacial score (nSPS) is 13.6. The van der Waals surface area contributed by atoms with Crippen LogP contribution in [0, 0.1) is 0 Å². The van der Waals surface area contributed by atoms with Crippen molar-refractivity contribution < 1.29 is 14.7 Å². The van der Waals surface area contributed by atoms with Gasteiger partial charge in [0, 0.05) is 13.1 Å². The Morgan fingerprint density at radius 2 is 2.14 bits per heavy atom. The number of aromatic nitrogens is 1. The van der Waals surface area contributed by atoms with E-state index < -0.39 is 5.97 Å². The van der Waals surface area contributed by atoms with Crippen LogP contribution < -0.4 is 5.32 Å². The van der Waals surface area contributed by atoms with E-state index >= 15 is 0 Å². The van der Waals surface area contributed by atoms with Gasteiger partial charge in [0.2, 0.25) is 0 Å². The number of nitrogens with one attached hydrogen (secondary N) is 1. The molecule has 2 heterocycles. The zero-order chi connectivity index (χ0) is 15.9. The van der Waals surface area contributed by atoms with Crippen molar-refractivity contribution >= 4 is 40.3 Å². The number of thioether (sulfide) groups is 1. The summed E-state index contributed by atoms with van der Waals surface area (Å²) in [5, 5.41) is 12.9. The lowest BCUT2D eigenvalue weighted by molar-refractivity contribution is 0.0694. The van der Waals surface area contributed by atoms with Crippen molar-refractivity contribution in [2.45, 2.75) is 31.2 Å². The molecule has 2 N–H and O–H groups in total. The Morgan fingerprint density at radius 3 is 2.77 bits per heavy atom. The van der Waals surface area contributed by atoms with Gasteiger partial charge in [-0.2, -0.15) is 4.37 Å². The second kappa shape index (κ2) is 8.19. The molecule has 0 radical (unpaired) electrons. The molecule has 2 rings (SSSR count). The van der Waals surface area contributed by atoms with Crippen LogP contribution in [0.1, 0.15) is 36.5 Å². The van der Waals surface area contributed by atoms with Gasteiger partial charge in [0.15, 0.2) is 0 Å². The first-order valence-electron chi connectivity index (χ1n) is 7.20. The van der Waals surface area contributed by atoms with Crippen molar-refractivity contribution in [3.05, 3.63) is 17.7 Å². The van der Waals surface area contributed by atoms with Gasteiger partial charge >= 0.3 is 12.0 Å². The quantitative estimate of drug-likeness (QED) is 0.450. The van der Waals surface area contributed by atoms with Gasteiger partial charge in [0.1, 0.15) is 15.6 Å². The number of anilines is 1. The molecule has 0 saturated heterocycles. The van der Waals surface area contributed by atoms with Crippen LogP contribution in [0.15, 0.2) is 17.2 Å². The Labute approximate surface area is 137 Å². The molecule has 0 spiro atoms. The molecule has 22 heavy (non-hydrogen) atoms. The first-order chi connectivity index (χ1) is 10.6. The van der Waals surface area contributed by atoms with Gasteiger partial charge in [-0.25, -0.2) is 9.59 Å². The highest BCUT2D eigenvalue weighted by molar-refractivity contribution is 7.99. The number of rotatable bonds is 7. The fourth-order valence-electron chi connectivity index (χ4n) is 1.99. The number of urea groups is 1. The van der Waals surface area contributed by atoms with Gasteiger partial charge < -0.3 is 10.0 Å². The summed E-state index contributed by atoms with van der Waals surface area (Å²) in [4.78, 5) is 25.1. The molecule has 0 saturated carbocycles. The van der Waals surface area contributed by atoms with Crippen LogP contribution in [0.3, 0.4) is 0 Å². The Balaban J connectivity index is 2.02. The average molecular weight is 341 g/mol. The van der Waals surface area contributed by atoms with E-state index in [-0.39, 0.29) is 11.6 Å². The molecule has 0 unspecified atom stereocenters. The smallest absolute Gasteiger partial charge is 0.341 e. The third kappa shape index (κ3) is 4.23.